The molecule has 0 unspecified atom stereocenters. The fraction of sp³-hybridized carbons (Fsp3) is 0.857. The number of halogens is 2. The van der Waals surface area contributed by atoms with Gasteiger partial charge < -0.3 is 5.73 Å². The van der Waals surface area contributed by atoms with Crippen LogP contribution in [-0.4, -0.2) is 36.4 Å². The van der Waals surface area contributed by atoms with E-state index in [1.807, 2.05) is 0 Å². The molecule has 0 spiro atoms. The van der Waals surface area contributed by atoms with Crippen LogP contribution < -0.4 is 5.73 Å². The highest BCUT2D eigenvalue weighted by Crippen LogP contribution is 2.14. The molecule has 72 valence electrons. The number of nitrogens with two attached hydrogens (primary N) is 1. The first-order valence-corrected chi connectivity index (χ1v) is 3.65. The third-order valence-corrected chi connectivity index (χ3v) is 1.69. The van der Waals surface area contributed by atoms with E-state index in [4.69, 9.17) is 0 Å². The zero-order chi connectivity index (χ0) is 9.94. The number of nitrogens with zero attached hydrogens (tertiary/aromatic N) is 1. The van der Waals surface area contributed by atoms with Crippen LogP contribution in [0.15, 0.2) is 0 Å². The van der Waals surface area contributed by atoms with Crippen LogP contribution in [0.1, 0.15) is 13.8 Å². The molecule has 0 atom stereocenters. The molecule has 0 aromatic rings. The average Bonchev–Trinajstić information content (AvgIpc) is 1.85. The van der Waals surface area contributed by atoms with Gasteiger partial charge in [0.2, 0.25) is 0 Å². The fourth-order valence-electron chi connectivity index (χ4n) is 0.574. The molecule has 2 N–H and O–H groups in total. The van der Waals surface area contributed by atoms with Crippen LogP contribution in [0.25, 0.3) is 0 Å². The monoisotopic (exact) mass is 180 g/mol. The van der Waals surface area contributed by atoms with Gasteiger partial charge in [-0.1, -0.05) is 0 Å². The number of hydrogen-bond donors (Lipinski definition) is 1. The molecule has 0 aliphatic rings. The molecule has 3 nitrogen and oxygen atoms in total. The van der Waals surface area contributed by atoms with Crippen molar-refractivity contribution in [2.24, 2.45) is 5.73 Å². The van der Waals surface area contributed by atoms with Crippen molar-refractivity contribution in [2.45, 2.75) is 25.8 Å². The standard InChI is InChI=1S/C7H14F2N2O/c1-5(2)11(3)4-7(8,9)6(10)12/h5H,4H2,1-3H3,(H2,10,12). The highest BCUT2D eigenvalue weighted by molar-refractivity contribution is 5.81. The molecule has 0 saturated heterocycles. The minimum absolute atomic E-state index is 0.0322. The first kappa shape index (κ1) is 11.3. The van der Waals surface area contributed by atoms with E-state index in [1.165, 1.54) is 11.9 Å². The Morgan fingerprint density at radius 1 is 1.58 bits per heavy atom. The first-order valence-electron chi connectivity index (χ1n) is 3.65. The van der Waals surface area contributed by atoms with E-state index in [1.54, 1.807) is 13.8 Å². The molecular weight excluding hydrogens is 166 g/mol. The summed E-state index contributed by atoms with van der Waals surface area (Å²) in [5.41, 5.74) is 4.50. The van der Waals surface area contributed by atoms with E-state index >= 15 is 0 Å². The molecule has 0 saturated carbocycles. The van der Waals surface area contributed by atoms with Crippen molar-refractivity contribution in [3.63, 3.8) is 0 Å². The van der Waals surface area contributed by atoms with Gasteiger partial charge in [0.05, 0.1) is 6.54 Å². The number of amides is 1. The summed E-state index contributed by atoms with van der Waals surface area (Å²) in [5.74, 6) is -5.01. The van der Waals surface area contributed by atoms with Crippen molar-refractivity contribution in [2.75, 3.05) is 13.6 Å². The predicted octanol–water partition coefficient (Wildman–Crippen LogP) is 0.447. The summed E-state index contributed by atoms with van der Waals surface area (Å²) in [6.45, 7) is 2.90. The summed E-state index contributed by atoms with van der Waals surface area (Å²) in [7, 11) is 1.52. The highest BCUT2D eigenvalue weighted by atomic mass is 19.3. The Hall–Kier alpha value is -0.710. The Balaban J connectivity index is 4.15. The maximum atomic E-state index is 12.6. The van der Waals surface area contributed by atoms with Crippen LogP contribution >= 0.6 is 0 Å². The van der Waals surface area contributed by atoms with Gasteiger partial charge in [-0.05, 0) is 20.9 Å². The average molecular weight is 180 g/mol. The molecule has 0 rings (SSSR count). The second-order valence-electron chi connectivity index (χ2n) is 3.08. The second-order valence-corrected chi connectivity index (χ2v) is 3.08. The molecule has 0 aromatic carbocycles. The summed E-state index contributed by atoms with van der Waals surface area (Å²) >= 11 is 0. The van der Waals surface area contributed by atoms with E-state index in [-0.39, 0.29) is 6.04 Å². The van der Waals surface area contributed by atoms with Gasteiger partial charge in [0.25, 0.3) is 5.91 Å². The van der Waals surface area contributed by atoms with Gasteiger partial charge in [-0.2, -0.15) is 8.78 Å². The molecule has 5 heteroatoms. The molecular formula is C7H14F2N2O. The first-order chi connectivity index (χ1) is 5.27. The second kappa shape index (κ2) is 3.80. The topological polar surface area (TPSA) is 46.3 Å². The normalized spacial score (nSPS) is 12.6. The SMILES string of the molecule is CC(C)N(C)CC(F)(F)C(N)=O. The molecule has 0 aliphatic carbocycles. The van der Waals surface area contributed by atoms with Crippen LogP contribution in [-0.2, 0) is 4.79 Å². The number of rotatable bonds is 4. The van der Waals surface area contributed by atoms with E-state index < -0.39 is 18.4 Å². The van der Waals surface area contributed by atoms with Gasteiger partial charge in [-0.25, -0.2) is 0 Å². The number of alkyl halides is 2. The van der Waals surface area contributed by atoms with E-state index in [0.717, 1.165) is 0 Å². The fourth-order valence-corrected chi connectivity index (χ4v) is 0.574. The molecule has 0 bridgehead atoms. The lowest BCUT2D eigenvalue weighted by molar-refractivity contribution is -0.144. The quantitative estimate of drug-likeness (QED) is 0.682. The van der Waals surface area contributed by atoms with E-state index in [2.05, 4.69) is 5.73 Å². The molecule has 1 amide bonds. The van der Waals surface area contributed by atoms with Crippen molar-refractivity contribution < 1.29 is 13.6 Å². The van der Waals surface area contributed by atoms with Gasteiger partial charge in [-0.15, -0.1) is 0 Å². The Labute approximate surface area is 70.5 Å². The molecule has 0 fully saturated rings. The molecule has 0 heterocycles. The number of primary amides is 1. The molecule has 0 aliphatic heterocycles. The lowest BCUT2D eigenvalue weighted by Crippen LogP contribution is -2.46. The Morgan fingerprint density at radius 2 is 2.00 bits per heavy atom. The molecule has 0 aromatic heterocycles. The number of carbonyl (C=O) groups excluding carboxylic acids is 1. The van der Waals surface area contributed by atoms with Gasteiger partial charge in [-0.3, -0.25) is 9.69 Å². The number of hydrogen-bond acceptors (Lipinski definition) is 2. The maximum absolute atomic E-state index is 12.6. The highest BCUT2D eigenvalue weighted by Gasteiger charge is 2.37. The van der Waals surface area contributed by atoms with Crippen molar-refractivity contribution >= 4 is 5.91 Å². The van der Waals surface area contributed by atoms with E-state index in [9.17, 15) is 13.6 Å². The van der Waals surface area contributed by atoms with Crippen LogP contribution in [0.2, 0.25) is 0 Å². The van der Waals surface area contributed by atoms with Gasteiger partial charge in [0, 0.05) is 6.04 Å². The summed E-state index contributed by atoms with van der Waals surface area (Å²) in [6.07, 6.45) is 0. The van der Waals surface area contributed by atoms with Gasteiger partial charge in [0.15, 0.2) is 0 Å². The Bertz CT molecular complexity index is 171. The minimum atomic E-state index is -3.43. The van der Waals surface area contributed by atoms with Crippen LogP contribution in [0.4, 0.5) is 8.78 Å². The van der Waals surface area contributed by atoms with Crippen molar-refractivity contribution in [1.82, 2.24) is 4.90 Å². The van der Waals surface area contributed by atoms with Crippen molar-refractivity contribution in [3.8, 4) is 0 Å². The largest absolute Gasteiger partial charge is 0.364 e. The predicted molar refractivity (Wildman–Crippen MR) is 41.9 cm³/mol. The van der Waals surface area contributed by atoms with Crippen molar-refractivity contribution in [3.05, 3.63) is 0 Å². The van der Waals surface area contributed by atoms with Crippen LogP contribution in [0, 0.1) is 0 Å². The summed E-state index contributed by atoms with van der Waals surface area (Å²) < 4.78 is 25.3. The van der Waals surface area contributed by atoms with Gasteiger partial charge in [0.1, 0.15) is 0 Å². The maximum Gasteiger partial charge on any atom is 0.336 e. The zero-order valence-electron chi connectivity index (χ0n) is 7.47. The van der Waals surface area contributed by atoms with Crippen LogP contribution in [0.5, 0.6) is 0 Å². The van der Waals surface area contributed by atoms with Crippen LogP contribution in [0.3, 0.4) is 0 Å². The smallest absolute Gasteiger partial charge is 0.336 e. The summed E-state index contributed by atoms with van der Waals surface area (Å²) in [4.78, 5) is 11.6. The van der Waals surface area contributed by atoms with Gasteiger partial charge >= 0.3 is 5.92 Å². The third-order valence-electron chi connectivity index (χ3n) is 1.69. The number of carbonyl (C=O) groups is 1. The lowest BCUT2D eigenvalue weighted by atomic mass is 10.2. The lowest BCUT2D eigenvalue weighted by Gasteiger charge is -2.24. The van der Waals surface area contributed by atoms with Crippen molar-refractivity contribution in [1.29, 1.82) is 0 Å². The summed E-state index contributed by atoms with van der Waals surface area (Å²) in [5, 5.41) is 0. The van der Waals surface area contributed by atoms with E-state index in [0.29, 0.717) is 0 Å². The zero-order valence-corrected chi connectivity index (χ0v) is 7.47. The molecule has 0 radical (unpaired) electrons. The Morgan fingerprint density at radius 3 is 2.25 bits per heavy atom. The molecule has 12 heavy (non-hydrogen) atoms. The minimum Gasteiger partial charge on any atom is -0.364 e. The Kier molecular flexibility index (Phi) is 3.57. The third kappa shape index (κ3) is 3.13. The summed E-state index contributed by atoms with van der Waals surface area (Å²) in [6, 6.07) is -0.0322.